The van der Waals surface area contributed by atoms with E-state index in [4.69, 9.17) is 20.4 Å². The number of rotatable bonds is 9. The van der Waals surface area contributed by atoms with E-state index in [-0.39, 0.29) is 18.0 Å². The molecule has 2 aromatic carbocycles. The number of carbonyl (C=O) groups is 1. The highest BCUT2D eigenvalue weighted by Crippen LogP contribution is 2.30. The fourth-order valence-electron chi connectivity index (χ4n) is 2.69. The van der Waals surface area contributed by atoms with Crippen molar-refractivity contribution in [3.05, 3.63) is 53.6 Å². The fraction of sp³-hybridized carbons (Fsp3) is 0.333. The van der Waals surface area contributed by atoms with Crippen LogP contribution in [0, 0.1) is 0 Å². The van der Waals surface area contributed by atoms with Gasteiger partial charge in [-0.2, -0.15) is 0 Å². The molecule has 0 amide bonds. The van der Waals surface area contributed by atoms with Crippen molar-refractivity contribution < 1.29 is 24.6 Å². The van der Waals surface area contributed by atoms with Crippen LogP contribution in [0.5, 0.6) is 11.5 Å². The van der Waals surface area contributed by atoms with Crippen LogP contribution in [-0.2, 0) is 4.79 Å². The van der Waals surface area contributed by atoms with Crippen molar-refractivity contribution in [2.75, 3.05) is 5.32 Å². The SMILES string of the molecule is CC(C)Oc1cc(OC(C)C)cc(C(Nc2ccc(/C(N)=N/O)cc2)C(=O)O)c1. The first-order chi connectivity index (χ1) is 13.7. The summed E-state index contributed by atoms with van der Waals surface area (Å²) in [6.07, 6.45) is -0.140. The second-order valence-corrected chi connectivity index (χ2v) is 7.05. The van der Waals surface area contributed by atoms with Gasteiger partial charge < -0.3 is 30.8 Å². The lowest BCUT2D eigenvalue weighted by Gasteiger charge is -2.20. The van der Waals surface area contributed by atoms with E-state index in [1.807, 2.05) is 27.7 Å². The third-order valence-corrected chi connectivity index (χ3v) is 3.83. The normalized spacial score (nSPS) is 12.7. The monoisotopic (exact) mass is 401 g/mol. The van der Waals surface area contributed by atoms with Crippen LogP contribution in [0.2, 0.25) is 0 Å². The molecule has 0 aromatic heterocycles. The summed E-state index contributed by atoms with van der Waals surface area (Å²) in [5.41, 5.74) is 7.13. The van der Waals surface area contributed by atoms with Gasteiger partial charge >= 0.3 is 5.97 Å². The zero-order valence-electron chi connectivity index (χ0n) is 16.9. The van der Waals surface area contributed by atoms with Crippen LogP contribution in [-0.4, -0.2) is 34.3 Å². The zero-order chi connectivity index (χ0) is 21.6. The number of hydrogen-bond donors (Lipinski definition) is 4. The average Bonchev–Trinajstić information content (AvgIpc) is 2.64. The number of oxime groups is 1. The van der Waals surface area contributed by atoms with Gasteiger partial charge in [-0.3, -0.25) is 0 Å². The second kappa shape index (κ2) is 9.68. The Morgan fingerprint density at radius 2 is 1.52 bits per heavy atom. The highest BCUT2D eigenvalue weighted by atomic mass is 16.5. The van der Waals surface area contributed by atoms with Crippen molar-refractivity contribution in [2.24, 2.45) is 10.9 Å². The topological polar surface area (TPSA) is 126 Å². The van der Waals surface area contributed by atoms with E-state index in [9.17, 15) is 9.90 Å². The molecule has 1 atom stereocenters. The maximum atomic E-state index is 12.0. The van der Waals surface area contributed by atoms with E-state index >= 15 is 0 Å². The maximum Gasteiger partial charge on any atom is 0.330 e. The minimum Gasteiger partial charge on any atom is -0.491 e. The van der Waals surface area contributed by atoms with Crippen molar-refractivity contribution in [2.45, 2.75) is 45.9 Å². The lowest BCUT2D eigenvalue weighted by molar-refractivity contribution is -0.138. The van der Waals surface area contributed by atoms with Crippen LogP contribution < -0.4 is 20.5 Å². The molecule has 0 saturated carbocycles. The first kappa shape index (κ1) is 21.9. The van der Waals surface area contributed by atoms with Gasteiger partial charge in [-0.15, -0.1) is 0 Å². The second-order valence-electron chi connectivity index (χ2n) is 7.05. The quantitative estimate of drug-likeness (QED) is 0.219. The third kappa shape index (κ3) is 6.31. The summed E-state index contributed by atoms with van der Waals surface area (Å²) in [6, 6.07) is 10.6. The van der Waals surface area contributed by atoms with E-state index in [1.165, 1.54) is 0 Å². The zero-order valence-corrected chi connectivity index (χ0v) is 16.9. The fourth-order valence-corrected chi connectivity index (χ4v) is 2.69. The van der Waals surface area contributed by atoms with Crippen LogP contribution in [0.25, 0.3) is 0 Å². The molecule has 0 spiro atoms. The number of carboxylic acid groups (broad SMARTS) is 1. The molecule has 0 saturated heterocycles. The lowest BCUT2D eigenvalue weighted by atomic mass is 10.0. The van der Waals surface area contributed by atoms with Crippen molar-refractivity contribution in [3.63, 3.8) is 0 Å². The van der Waals surface area contributed by atoms with Gasteiger partial charge in [0.05, 0.1) is 12.2 Å². The van der Waals surface area contributed by atoms with Gasteiger partial charge in [-0.25, -0.2) is 4.79 Å². The summed E-state index contributed by atoms with van der Waals surface area (Å²) in [7, 11) is 0. The molecule has 0 aliphatic rings. The van der Waals surface area contributed by atoms with Gasteiger partial charge in [0.1, 0.15) is 11.5 Å². The number of nitrogens with one attached hydrogen (secondary N) is 1. The van der Waals surface area contributed by atoms with E-state index in [0.29, 0.717) is 28.3 Å². The molecule has 1 unspecified atom stereocenters. The molecule has 0 radical (unpaired) electrons. The predicted octanol–water partition coefficient (Wildman–Crippen LogP) is 3.59. The minimum atomic E-state index is -1.05. The highest BCUT2D eigenvalue weighted by Gasteiger charge is 2.22. The number of nitrogens with two attached hydrogens (primary N) is 1. The molecule has 29 heavy (non-hydrogen) atoms. The molecule has 8 nitrogen and oxygen atoms in total. The molecule has 2 rings (SSSR count). The van der Waals surface area contributed by atoms with Gasteiger partial charge in [0.15, 0.2) is 11.9 Å². The van der Waals surface area contributed by atoms with E-state index in [1.54, 1.807) is 42.5 Å². The van der Waals surface area contributed by atoms with Crippen molar-refractivity contribution >= 4 is 17.5 Å². The number of hydrogen-bond acceptors (Lipinski definition) is 6. The number of amidine groups is 1. The summed E-state index contributed by atoms with van der Waals surface area (Å²) in [4.78, 5) is 12.0. The molecule has 8 heteroatoms. The first-order valence-electron chi connectivity index (χ1n) is 9.25. The Bertz CT molecular complexity index is 835. The van der Waals surface area contributed by atoms with Gasteiger partial charge in [0.2, 0.25) is 0 Å². The number of aliphatic carboxylic acids is 1. The van der Waals surface area contributed by atoms with Gasteiger partial charge in [-0.1, -0.05) is 5.16 Å². The highest BCUT2D eigenvalue weighted by molar-refractivity contribution is 5.97. The first-order valence-corrected chi connectivity index (χ1v) is 9.25. The average molecular weight is 401 g/mol. The summed E-state index contributed by atoms with van der Waals surface area (Å²) >= 11 is 0. The van der Waals surface area contributed by atoms with Crippen molar-refractivity contribution in [3.8, 4) is 11.5 Å². The Morgan fingerprint density at radius 1 is 1.00 bits per heavy atom. The summed E-state index contributed by atoms with van der Waals surface area (Å²) in [5.74, 6) is -0.0185. The standard InChI is InChI=1S/C21H27N3O5/c1-12(2)28-17-9-15(10-18(11-17)29-13(3)4)19(21(25)26)23-16-7-5-14(6-8-16)20(22)24-27/h5-13,19,23,27H,1-4H3,(H2,22,24)(H,25,26). The van der Waals surface area contributed by atoms with Crippen LogP contribution in [0.4, 0.5) is 5.69 Å². The Labute approximate surface area is 169 Å². The molecule has 0 fully saturated rings. The Balaban J connectivity index is 2.36. The molecule has 156 valence electrons. The lowest BCUT2D eigenvalue weighted by Crippen LogP contribution is -2.21. The number of ether oxygens (including phenoxy) is 2. The van der Waals surface area contributed by atoms with Crippen molar-refractivity contribution in [1.29, 1.82) is 0 Å². The Hall–Kier alpha value is -3.42. The Kier molecular flexibility index (Phi) is 7.30. The van der Waals surface area contributed by atoms with E-state index < -0.39 is 12.0 Å². The van der Waals surface area contributed by atoms with Crippen LogP contribution in [0.1, 0.15) is 44.9 Å². The Morgan fingerprint density at radius 3 is 1.93 bits per heavy atom. The smallest absolute Gasteiger partial charge is 0.330 e. The van der Waals surface area contributed by atoms with Gasteiger partial charge in [-0.05, 0) is 69.7 Å². The largest absolute Gasteiger partial charge is 0.491 e. The van der Waals surface area contributed by atoms with Crippen molar-refractivity contribution in [1.82, 2.24) is 0 Å². The molecular weight excluding hydrogens is 374 g/mol. The predicted molar refractivity (Wildman–Crippen MR) is 111 cm³/mol. The van der Waals surface area contributed by atoms with Gasteiger partial charge in [0, 0.05) is 17.3 Å². The molecular formula is C21H27N3O5. The number of carboxylic acids is 1. The molecule has 0 aliphatic carbocycles. The number of nitrogens with zero attached hydrogens (tertiary/aromatic N) is 1. The summed E-state index contributed by atoms with van der Waals surface area (Å²) in [6.45, 7) is 7.58. The molecule has 0 aliphatic heterocycles. The van der Waals surface area contributed by atoms with Crippen LogP contribution in [0.3, 0.4) is 0 Å². The van der Waals surface area contributed by atoms with Gasteiger partial charge in [0.25, 0.3) is 0 Å². The van der Waals surface area contributed by atoms with E-state index in [2.05, 4.69) is 10.5 Å². The maximum absolute atomic E-state index is 12.0. The number of benzene rings is 2. The number of anilines is 1. The summed E-state index contributed by atoms with van der Waals surface area (Å²) in [5, 5.41) is 24.5. The summed E-state index contributed by atoms with van der Waals surface area (Å²) < 4.78 is 11.5. The van der Waals surface area contributed by atoms with Crippen LogP contribution >= 0.6 is 0 Å². The van der Waals surface area contributed by atoms with E-state index in [0.717, 1.165) is 0 Å². The van der Waals surface area contributed by atoms with Crippen LogP contribution in [0.15, 0.2) is 47.6 Å². The molecule has 0 heterocycles. The molecule has 5 N–H and O–H groups in total. The third-order valence-electron chi connectivity index (χ3n) is 3.83. The minimum absolute atomic E-state index is 0.0275. The molecule has 2 aromatic rings. The molecule has 0 bridgehead atoms.